The van der Waals surface area contributed by atoms with E-state index in [2.05, 4.69) is 27.7 Å². The summed E-state index contributed by atoms with van der Waals surface area (Å²) < 4.78 is 27.9. The molecule has 0 radical (unpaired) electrons. The van der Waals surface area contributed by atoms with Gasteiger partial charge in [0.05, 0.1) is 5.75 Å². The summed E-state index contributed by atoms with van der Waals surface area (Å²) in [5, 5.41) is 0. The average molecular weight is 374 g/mol. The van der Waals surface area contributed by atoms with Crippen molar-refractivity contribution in [3.05, 3.63) is 65.0 Å². The molecule has 0 bridgehead atoms. The normalized spacial score (nSPS) is 21.2. The van der Waals surface area contributed by atoms with E-state index in [1.165, 1.54) is 5.56 Å². The number of hydrogen-bond acceptors (Lipinski definition) is 4. The number of nitrogens with one attached hydrogen (secondary N) is 1. The zero-order valence-corrected chi connectivity index (χ0v) is 16.5. The summed E-state index contributed by atoms with van der Waals surface area (Å²) in [5.41, 5.74) is 4.26. The van der Waals surface area contributed by atoms with Gasteiger partial charge < -0.3 is 0 Å². The lowest BCUT2D eigenvalue weighted by Crippen LogP contribution is -2.33. The second-order valence-corrected chi connectivity index (χ2v) is 9.09. The lowest BCUT2D eigenvalue weighted by molar-refractivity contribution is 0.276. The Labute approximate surface area is 156 Å². The predicted octanol–water partition coefficient (Wildman–Crippen LogP) is 2.81. The minimum Gasteiger partial charge on any atom is -0.299 e. The zero-order chi connectivity index (χ0) is 18.7. The van der Waals surface area contributed by atoms with Crippen LogP contribution in [0.5, 0.6) is 0 Å². The van der Waals surface area contributed by atoms with Crippen LogP contribution in [-0.4, -0.2) is 38.4 Å². The van der Waals surface area contributed by atoms with Gasteiger partial charge in [0.2, 0.25) is 10.0 Å². The Morgan fingerprint density at radius 2 is 2.04 bits per heavy atom. The maximum atomic E-state index is 12.5. The summed E-state index contributed by atoms with van der Waals surface area (Å²) in [5.74, 6) is 0.271. The van der Waals surface area contributed by atoms with E-state index in [0.29, 0.717) is 6.54 Å². The van der Waals surface area contributed by atoms with Crippen molar-refractivity contribution in [1.82, 2.24) is 14.6 Å². The number of rotatable bonds is 6. The molecule has 5 nitrogen and oxygen atoms in total. The van der Waals surface area contributed by atoms with Gasteiger partial charge in [-0.25, -0.2) is 13.1 Å². The van der Waals surface area contributed by atoms with Crippen LogP contribution in [0.25, 0.3) is 0 Å². The van der Waals surface area contributed by atoms with Crippen LogP contribution in [0.3, 0.4) is 0 Å². The molecule has 1 aromatic carbocycles. The van der Waals surface area contributed by atoms with Gasteiger partial charge in [-0.2, -0.15) is 0 Å². The molecule has 2 heterocycles. The molecular formula is C20H27N3O2S. The zero-order valence-electron chi connectivity index (χ0n) is 15.6. The Balaban J connectivity index is 1.66. The smallest absolute Gasteiger partial charge is 0.215 e. The van der Waals surface area contributed by atoms with Gasteiger partial charge >= 0.3 is 0 Å². The van der Waals surface area contributed by atoms with Gasteiger partial charge in [0.1, 0.15) is 0 Å². The standard InChI is InChI=1S/C20H27N3O2S/c1-15-6-7-17(11-16(15)2)14-26(24,25)22-13-19-8-10-23(3)20(19)18-5-4-9-21-12-18/h4-7,9,11-12,19-20,22H,8,10,13-14H2,1-3H3/t19-,20-/m0/s1. The van der Waals surface area contributed by atoms with Crippen molar-refractivity contribution in [3.8, 4) is 0 Å². The van der Waals surface area contributed by atoms with Crippen LogP contribution in [0.4, 0.5) is 0 Å². The van der Waals surface area contributed by atoms with Crippen molar-refractivity contribution < 1.29 is 8.42 Å². The van der Waals surface area contributed by atoms with E-state index in [1.54, 1.807) is 6.20 Å². The molecule has 2 aromatic rings. The molecule has 1 aliphatic heterocycles. The molecule has 0 unspecified atom stereocenters. The van der Waals surface area contributed by atoms with Crippen LogP contribution < -0.4 is 4.72 Å². The van der Waals surface area contributed by atoms with Crippen LogP contribution in [-0.2, 0) is 15.8 Å². The lowest BCUT2D eigenvalue weighted by atomic mass is 9.95. The number of aromatic nitrogens is 1. The first-order valence-electron chi connectivity index (χ1n) is 8.99. The summed E-state index contributed by atoms with van der Waals surface area (Å²) in [6.07, 6.45) is 4.62. The Bertz CT molecular complexity index is 853. The molecule has 1 aromatic heterocycles. The number of pyridine rings is 1. The van der Waals surface area contributed by atoms with Crippen LogP contribution in [0.15, 0.2) is 42.7 Å². The summed E-state index contributed by atoms with van der Waals surface area (Å²) in [6.45, 7) is 5.45. The first kappa shape index (κ1) is 19.0. The fourth-order valence-corrected chi connectivity index (χ4v) is 4.90. The van der Waals surface area contributed by atoms with Gasteiger partial charge in [0, 0.05) is 25.0 Å². The van der Waals surface area contributed by atoms with E-state index < -0.39 is 10.0 Å². The molecule has 1 aliphatic rings. The van der Waals surface area contributed by atoms with Crippen molar-refractivity contribution in [3.63, 3.8) is 0 Å². The Hall–Kier alpha value is -1.76. The number of hydrogen-bond donors (Lipinski definition) is 1. The monoisotopic (exact) mass is 373 g/mol. The van der Waals surface area contributed by atoms with Crippen LogP contribution in [0, 0.1) is 19.8 Å². The number of likely N-dealkylation sites (tertiary alicyclic amines) is 1. The fourth-order valence-electron chi connectivity index (χ4n) is 3.72. The molecule has 0 amide bonds. The van der Waals surface area contributed by atoms with E-state index in [-0.39, 0.29) is 17.7 Å². The van der Waals surface area contributed by atoms with E-state index in [9.17, 15) is 8.42 Å². The number of sulfonamides is 1. The third-order valence-corrected chi connectivity index (χ3v) is 6.61. The molecule has 2 atom stereocenters. The van der Waals surface area contributed by atoms with E-state index >= 15 is 0 Å². The summed E-state index contributed by atoms with van der Waals surface area (Å²) >= 11 is 0. The highest BCUT2D eigenvalue weighted by Crippen LogP contribution is 2.35. The molecule has 1 fully saturated rings. The molecule has 3 rings (SSSR count). The predicted molar refractivity (Wildman–Crippen MR) is 104 cm³/mol. The molecular weight excluding hydrogens is 346 g/mol. The van der Waals surface area contributed by atoms with Crippen molar-refractivity contribution >= 4 is 10.0 Å². The average Bonchev–Trinajstić information content (AvgIpc) is 2.98. The Morgan fingerprint density at radius 1 is 1.23 bits per heavy atom. The lowest BCUT2D eigenvalue weighted by Gasteiger charge is -2.25. The van der Waals surface area contributed by atoms with Crippen molar-refractivity contribution in [2.45, 2.75) is 32.1 Å². The SMILES string of the molecule is Cc1ccc(CS(=O)(=O)NC[C@@H]2CCN(C)[C@H]2c2cccnc2)cc1C. The first-order chi connectivity index (χ1) is 12.4. The van der Waals surface area contributed by atoms with Crippen molar-refractivity contribution in [2.24, 2.45) is 5.92 Å². The topological polar surface area (TPSA) is 62.3 Å². The molecule has 1 saturated heterocycles. The van der Waals surface area contributed by atoms with Gasteiger partial charge in [-0.3, -0.25) is 9.88 Å². The van der Waals surface area contributed by atoms with E-state index in [0.717, 1.165) is 29.7 Å². The second-order valence-electron chi connectivity index (χ2n) is 7.29. The quantitative estimate of drug-likeness (QED) is 0.846. The molecule has 0 saturated carbocycles. The number of nitrogens with zero attached hydrogens (tertiary/aromatic N) is 2. The molecule has 0 aliphatic carbocycles. The second kappa shape index (κ2) is 7.86. The molecule has 140 valence electrons. The molecule has 26 heavy (non-hydrogen) atoms. The molecule has 1 N–H and O–H groups in total. The highest BCUT2D eigenvalue weighted by atomic mass is 32.2. The first-order valence-corrected chi connectivity index (χ1v) is 10.6. The van der Waals surface area contributed by atoms with Crippen molar-refractivity contribution in [2.75, 3.05) is 20.1 Å². The maximum absolute atomic E-state index is 12.5. The summed E-state index contributed by atoms with van der Waals surface area (Å²) in [7, 11) is -1.27. The van der Waals surface area contributed by atoms with E-state index in [4.69, 9.17) is 0 Å². The van der Waals surface area contributed by atoms with Gasteiger partial charge in [-0.05, 0) is 68.1 Å². The van der Waals surface area contributed by atoms with Gasteiger partial charge in [0.25, 0.3) is 0 Å². The number of aryl methyl sites for hydroxylation is 2. The summed E-state index contributed by atoms with van der Waals surface area (Å²) in [6, 6.07) is 10.0. The minimum atomic E-state index is -3.36. The highest BCUT2D eigenvalue weighted by molar-refractivity contribution is 7.88. The van der Waals surface area contributed by atoms with Crippen LogP contribution in [0.2, 0.25) is 0 Å². The van der Waals surface area contributed by atoms with Gasteiger partial charge in [-0.1, -0.05) is 24.3 Å². The van der Waals surface area contributed by atoms with Crippen LogP contribution >= 0.6 is 0 Å². The number of benzene rings is 1. The van der Waals surface area contributed by atoms with Gasteiger partial charge in [-0.15, -0.1) is 0 Å². The molecule has 6 heteroatoms. The summed E-state index contributed by atoms with van der Waals surface area (Å²) in [4.78, 5) is 6.49. The van der Waals surface area contributed by atoms with Crippen LogP contribution in [0.1, 0.15) is 34.7 Å². The third kappa shape index (κ3) is 4.50. The minimum absolute atomic E-state index is 0.0221. The van der Waals surface area contributed by atoms with E-state index in [1.807, 2.05) is 44.3 Å². The van der Waals surface area contributed by atoms with Crippen molar-refractivity contribution in [1.29, 1.82) is 0 Å². The largest absolute Gasteiger partial charge is 0.299 e. The highest BCUT2D eigenvalue weighted by Gasteiger charge is 2.33. The Morgan fingerprint density at radius 3 is 2.73 bits per heavy atom. The maximum Gasteiger partial charge on any atom is 0.215 e. The fraction of sp³-hybridized carbons (Fsp3) is 0.450. The van der Waals surface area contributed by atoms with Gasteiger partial charge in [0.15, 0.2) is 0 Å². The third-order valence-electron chi connectivity index (χ3n) is 5.29. The Kier molecular flexibility index (Phi) is 5.75. The molecule has 0 spiro atoms.